The molecule has 0 saturated carbocycles. The van der Waals surface area contributed by atoms with Gasteiger partial charge in [-0.25, -0.2) is 8.42 Å². The first-order valence-electron chi connectivity index (χ1n) is 9.23. The number of rotatable bonds is 7. The summed E-state index contributed by atoms with van der Waals surface area (Å²) in [5.41, 5.74) is 2.04. The molecule has 1 N–H and O–H groups in total. The molecule has 0 radical (unpaired) electrons. The van der Waals surface area contributed by atoms with Crippen LogP contribution in [0.2, 0.25) is 0 Å². The molecule has 1 atom stereocenters. The van der Waals surface area contributed by atoms with Crippen molar-refractivity contribution >= 4 is 27.3 Å². The van der Waals surface area contributed by atoms with Gasteiger partial charge in [-0.1, -0.05) is 6.92 Å². The number of hydrogen-bond donors (Lipinski definition) is 1. The normalized spacial score (nSPS) is 16.8. The number of aromatic nitrogens is 2. The zero-order chi connectivity index (χ0) is 20.3. The largest absolute Gasteiger partial charge is 0.379 e. The first-order chi connectivity index (χ1) is 13.3. The van der Waals surface area contributed by atoms with E-state index in [1.54, 1.807) is 5.38 Å². The SMILES string of the molecule is Cc1cc(C)n(C[C@H](C)CNC(=O)c2sccc2S(=O)(=O)N2CCOCC2)n1. The Balaban J connectivity index is 1.64. The van der Waals surface area contributed by atoms with Crippen LogP contribution in [0.5, 0.6) is 0 Å². The van der Waals surface area contributed by atoms with Crippen LogP contribution in [-0.4, -0.2) is 61.3 Å². The van der Waals surface area contributed by atoms with E-state index in [2.05, 4.69) is 10.4 Å². The van der Waals surface area contributed by atoms with Gasteiger partial charge in [0.1, 0.15) is 9.77 Å². The van der Waals surface area contributed by atoms with E-state index < -0.39 is 10.0 Å². The number of sulfonamides is 1. The average Bonchev–Trinajstić information content (AvgIpc) is 3.27. The van der Waals surface area contributed by atoms with Gasteiger partial charge in [0, 0.05) is 31.9 Å². The van der Waals surface area contributed by atoms with Crippen LogP contribution in [0.25, 0.3) is 0 Å². The molecule has 1 aliphatic rings. The Kier molecular flexibility index (Phi) is 6.54. The van der Waals surface area contributed by atoms with Crippen LogP contribution >= 0.6 is 11.3 Å². The Bertz CT molecular complexity index is 929. The van der Waals surface area contributed by atoms with Crippen molar-refractivity contribution in [2.75, 3.05) is 32.8 Å². The lowest BCUT2D eigenvalue weighted by atomic mass is 10.2. The Morgan fingerprint density at radius 2 is 2.07 bits per heavy atom. The third-order valence-electron chi connectivity index (χ3n) is 4.62. The molecule has 3 rings (SSSR count). The second-order valence-corrected chi connectivity index (χ2v) is 9.88. The van der Waals surface area contributed by atoms with E-state index in [1.807, 2.05) is 31.5 Å². The van der Waals surface area contributed by atoms with Crippen LogP contribution in [0.3, 0.4) is 0 Å². The molecule has 2 aromatic rings. The highest BCUT2D eigenvalue weighted by Gasteiger charge is 2.31. The van der Waals surface area contributed by atoms with Crippen molar-refractivity contribution in [3.8, 4) is 0 Å². The number of aryl methyl sites for hydroxylation is 2. The van der Waals surface area contributed by atoms with Gasteiger partial charge in [-0.3, -0.25) is 9.48 Å². The Hall–Kier alpha value is -1.75. The molecule has 154 valence electrons. The highest BCUT2D eigenvalue weighted by molar-refractivity contribution is 7.89. The van der Waals surface area contributed by atoms with E-state index >= 15 is 0 Å². The predicted octanol–water partition coefficient (Wildman–Crippen LogP) is 1.65. The number of carbonyl (C=O) groups is 1. The summed E-state index contributed by atoms with van der Waals surface area (Å²) in [7, 11) is -3.70. The summed E-state index contributed by atoms with van der Waals surface area (Å²) in [4.78, 5) is 13.0. The molecule has 0 bridgehead atoms. The highest BCUT2D eigenvalue weighted by Crippen LogP contribution is 2.26. The van der Waals surface area contributed by atoms with Crippen LogP contribution in [0.1, 0.15) is 28.0 Å². The topological polar surface area (TPSA) is 93.5 Å². The molecular formula is C18H26N4O4S2. The van der Waals surface area contributed by atoms with Crippen LogP contribution in [-0.2, 0) is 21.3 Å². The van der Waals surface area contributed by atoms with Gasteiger partial charge < -0.3 is 10.1 Å². The number of nitrogens with zero attached hydrogens (tertiary/aromatic N) is 3. The molecule has 0 aromatic carbocycles. The van der Waals surface area contributed by atoms with E-state index in [9.17, 15) is 13.2 Å². The lowest BCUT2D eigenvalue weighted by Crippen LogP contribution is -2.41. The molecule has 0 aliphatic carbocycles. The highest BCUT2D eigenvalue weighted by atomic mass is 32.2. The van der Waals surface area contributed by atoms with Gasteiger partial charge in [-0.15, -0.1) is 11.3 Å². The standard InChI is InChI=1S/C18H26N4O4S2/c1-13(12-22-15(3)10-14(2)20-22)11-19-18(23)17-16(4-9-27-17)28(24,25)21-5-7-26-8-6-21/h4,9-10,13H,5-8,11-12H2,1-3H3,(H,19,23)/t13-/m1/s1. The Morgan fingerprint density at radius 1 is 1.36 bits per heavy atom. The molecule has 8 nitrogen and oxygen atoms in total. The minimum Gasteiger partial charge on any atom is -0.379 e. The van der Waals surface area contributed by atoms with Crippen LogP contribution in [0.15, 0.2) is 22.4 Å². The summed E-state index contributed by atoms with van der Waals surface area (Å²) in [5.74, 6) is -0.205. The fourth-order valence-corrected chi connectivity index (χ4v) is 5.88. The zero-order valence-electron chi connectivity index (χ0n) is 16.3. The number of ether oxygens (including phenoxy) is 1. The maximum absolute atomic E-state index is 12.9. The van der Waals surface area contributed by atoms with Gasteiger partial charge in [-0.2, -0.15) is 9.40 Å². The summed E-state index contributed by atoms with van der Waals surface area (Å²) in [5, 5.41) is 8.95. The minimum atomic E-state index is -3.70. The van der Waals surface area contributed by atoms with Crippen LogP contribution in [0, 0.1) is 19.8 Å². The molecule has 1 amide bonds. The molecule has 0 spiro atoms. The third kappa shape index (κ3) is 4.62. The van der Waals surface area contributed by atoms with Gasteiger partial charge in [0.25, 0.3) is 5.91 Å². The summed E-state index contributed by atoms with van der Waals surface area (Å²) in [6, 6.07) is 3.52. The van der Waals surface area contributed by atoms with Crippen molar-refractivity contribution in [2.24, 2.45) is 5.92 Å². The van der Waals surface area contributed by atoms with Crippen molar-refractivity contribution < 1.29 is 17.9 Å². The molecule has 10 heteroatoms. The second kappa shape index (κ2) is 8.73. The first-order valence-corrected chi connectivity index (χ1v) is 11.6. The monoisotopic (exact) mass is 426 g/mol. The van der Waals surface area contributed by atoms with E-state index in [-0.39, 0.29) is 21.6 Å². The summed E-state index contributed by atoms with van der Waals surface area (Å²) in [6.07, 6.45) is 0. The van der Waals surface area contributed by atoms with Crippen molar-refractivity contribution in [2.45, 2.75) is 32.2 Å². The second-order valence-electron chi connectivity index (χ2n) is 7.05. The maximum atomic E-state index is 12.9. The molecular weight excluding hydrogens is 400 g/mol. The number of hydrogen-bond acceptors (Lipinski definition) is 6. The molecule has 0 unspecified atom stereocenters. The summed E-state index contributed by atoms with van der Waals surface area (Å²) >= 11 is 1.14. The van der Waals surface area contributed by atoms with Crippen molar-refractivity contribution in [3.63, 3.8) is 0 Å². The van der Waals surface area contributed by atoms with Crippen LogP contribution in [0.4, 0.5) is 0 Å². The average molecular weight is 427 g/mol. The summed E-state index contributed by atoms with van der Waals surface area (Å²) in [6.45, 7) is 8.44. The van der Waals surface area contributed by atoms with Gasteiger partial charge in [0.15, 0.2) is 0 Å². The fraction of sp³-hybridized carbons (Fsp3) is 0.556. The molecule has 3 heterocycles. The van der Waals surface area contributed by atoms with Gasteiger partial charge in [0.05, 0.1) is 18.9 Å². The van der Waals surface area contributed by atoms with Crippen molar-refractivity contribution in [1.82, 2.24) is 19.4 Å². The van der Waals surface area contributed by atoms with Crippen molar-refractivity contribution in [3.05, 3.63) is 33.8 Å². The van der Waals surface area contributed by atoms with Crippen LogP contribution < -0.4 is 5.32 Å². The number of amides is 1. The zero-order valence-corrected chi connectivity index (χ0v) is 18.0. The Labute approximate surface area is 169 Å². The van der Waals surface area contributed by atoms with Gasteiger partial charge >= 0.3 is 0 Å². The molecule has 1 saturated heterocycles. The lowest BCUT2D eigenvalue weighted by Gasteiger charge is -2.26. The third-order valence-corrected chi connectivity index (χ3v) is 7.61. The maximum Gasteiger partial charge on any atom is 0.262 e. The quantitative estimate of drug-likeness (QED) is 0.727. The minimum absolute atomic E-state index is 0.0723. The molecule has 1 aliphatic heterocycles. The van der Waals surface area contributed by atoms with Gasteiger partial charge in [-0.05, 0) is 37.3 Å². The number of nitrogens with one attached hydrogen (secondary N) is 1. The molecule has 2 aromatic heterocycles. The van der Waals surface area contributed by atoms with E-state index in [4.69, 9.17) is 4.74 Å². The number of carbonyl (C=O) groups excluding carboxylic acids is 1. The first kappa shape index (κ1) is 21.0. The van der Waals surface area contributed by atoms with Crippen molar-refractivity contribution in [1.29, 1.82) is 0 Å². The Morgan fingerprint density at radius 3 is 2.71 bits per heavy atom. The smallest absolute Gasteiger partial charge is 0.262 e. The number of thiophene rings is 1. The predicted molar refractivity (Wildman–Crippen MR) is 107 cm³/mol. The van der Waals surface area contributed by atoms with Gasteiger partial charge in [0.2, 0.25) is 10.0 Å². The van der Waals surface area contributed by atoms with E-state index in [1.165, 1.54) is 10.4 Å². The summed E-state index contributed by atoms with van der Waals surface area (Å²) < 4.78 is 34.3. The van der Waals surface area contributed by atoms with E-state index in [0.717, 1.165) is 22.7 Å². The molecule has 28 heavy (non-hydrogen) atoms. The molecule has 1 fully saturated rings. The lowest BCUT2D eigenvalue weighted by molar-refractivity contribution is 0.0730. The fourth-order valence-electron chi connectivity index (χ4n) is 3.16. The number of morpholine rings is 1. The van der Waals surface area contributed by atoms with E-state index in [0.29, 0.717) is 39.4 Å².